The molecule has 4 heteroatoms. The van der Waals surface area contributed by atoms with Crippen LogP contribution in [-0.4, -0.2) is 12.0 Å². The lowest BCUT2D eigenvalue weighted by Gasteiger charge is -2.14. The Labute approximate surface area is 136 Å². The highest BCUT2D eigenvalue weighted by atomic mass is 16.5. The van der Waals surface area contributed by atoms with Crippen LogP contribution in [0.15, 0.2) is 48.5 Å². The zero-order valence-electron chi connectivity index (χ0n) is 13.2. The van der Waals surface area contributed by atoms with E-state index in [2.05, 4.69) is 5.32 Å². The van der Waals surface area contributed by atoms with Gasteiger partial charge in [0.15, 0.2) is 0 Å². The molecule has 1 aliphatic rings. The Morgan fingerprint density at radius 2 is 1.70 bits per heavy atom. The number of hydrogen-bond donors (Lipinski definition) is 1. The van der Waals surface area contributed by atoms with Gasteiger partial charge in [0.2, 0.25) is 5.91 Å². The number of carbonyl (C=O) groups excluding carboxylic acids is 1. The highest BCUT2D eigenvalue weighted by Gasteiger charge is 2.16. The quantitative estimate of drug-likeness (QED) is 0.866. The molecule has 23 heavy (non-hydrogen) atoms. The van der Waals surface area contributed by atoms with Gasteiger partial charge in [-0.15, -0.1) is 0 Å². The normalized spacial score (nSPS) is 14.5. The fourth-order valence-electron chi connectivity index (χ4n) is 2.76. The summed E-state index contributed by atoms with van der Waals surface area (Å²) in [5.74, 6) is 2.23. The van der Waals surface area contributed by atoms with Crippen molar-refractivity contribution in [1.82, 2.24) is 0 Å². The van der Waals surface area contributed by atoms with E-state index in [4.69, 9.17) is 9.47 Å². The molecule has 0 saturated heterocycles. The van der Waals surface area contributed by atoms with Crippen LogP contribution in [0.5, 0.6) is 17.2 Å². The molecule has 0 bridgehead atoms. The van der Waals surface area contributed by atoms with Crippen molar-refractivity contribution in [2.45, 2.75) is 38.7 Å². The number of benzene rings is 2. The van der Waals surface area contributed by atoms with Crippen molar-refractivity contribution in [3.8, 4) is 17.2 Å². The van der Waals surface area contributed by atoms with Gasteiger partial charge in [-0.05, 0) is 62.1 Å². The third kappa shape index (κ3) is 4.49. The standard InChI is InChI=1S/C19H21NO3/c1-14(21)20-15-9-11-17(12-10-15)23-19-8-4-7-18(13-19)22-16-5-2-3-6-16/h4,7-13,16H,2-3,5-6H2,1H3,(H,20,21). The van der Waals surface area contributed by atoms with Gasteiger partial charge in [-0.25, -0.2) is 0 Å². The van der Waals surface area contributed by atoms with Crippen LogP contribution >= 0.6 is 0 Å². The Morgan fingerprint density at radius 1 is 1.00 bits per heavy atom. The van der Waals surface area contributed by atoms with Gasteiger partial charge >= 0.3 is 0 Å². The number of ether oxygens (including phenoxy) is 2. The molecule has 1 aliphatic carbocycles. The van der Waals surface area contributed by atoms with Gasteiger partial charge in [-0.1, -0.05) is 6.07 Å². The molecule has 0 atom stereocenters. The molecule has 1 N–H and O–H groups in total. The molecule has 3 rings (SSSR count). The van der Waals surface area contributed by atoms with Gasteiger partial charge in [0.05, 0.1) is 6.10 Å². The van der Waals surface area contributed by atoms with Crippen LogP contribution in [0.1, 0.15) is 32.6 Å². The molecule has 0 unspecified atom stereocenters. The Kier molecular flexibility index (Phi) is 4.81. The number of carbonyl (C=O) groups is 1. The largest absolute Gasteiger partial charge is 0.490 e. The molecule has 0 aliphatic heterocycles. The number of nitrogens with one attached hydrogen (secondary N) is 1. The molecular formula is C19H21NO3. The first-order valence-corrected chi connectivity index (χ1v) is 8.01. The molecule has 1 saturated carbocycles. The molecule has 2 aromatic rings. The van der Waals surface area contributed by atoms with Gasteiger partial charge in [0.25, 0.3) is 0 Å². The summed E-state index contributed by atoms with van der Waals surface area (Å²) in [6, 6.07) is 15.0. The van der Waals surface area contributed by atoms with E-state index < -0.39 is 0 Å². The fourth-order valence-corrected chi connectivity index (χ4v) is 2.76. The summed E-state index contributed by atoms with van der Waals surface area (Å²) >= 11 is 0. The molecule has 2 aromatic carbocycles. The van der Waals surface area contributed by atoms with Gasteiger partial charge in [0, 0.05) is 18.7 Å². The molecule has 1 amide bonds. The predicted molar refractivity (Wildman–Crippen MR) is 90.1 cm³/mol. The average Bonchev–Trinajstić information content (AvgIpc) is 3.02. The first kappa shape index (κ1) is 15.4. The lowest BCUT2D eigenvalue weighted by Crippen LogP contribution is -2.10. The minimum absolute atomic E-state index is 0.0876. The van der Waals surface area contributed by atoms with E-state index in [0.717, 1.165) is 35.8 Å². The second kappa shape index (κ2) is 7.18. The Hall–Kier alpha value is -2.49. The van der Waals surface area contributed by atoms with Crippen molar-refractivity contribution in [2.75, 3.05) is 5.32 Å². The average molecular weight is 311 g/mol. The highest BCUT2D eigenvalue weighted by Crippen LogP contribution is 2.29. The maximum atomic E-state index is 11.0. The number of amides is 1. The first-order chi connectivity index (χ1) is 11.2. The predicted octanol–water partition coefficient (Wildman–Crippen LogP) is 4.76. The minimum Gasteiger partial charge on any atom is -0.490 e. The number of hydrogen-bond acceptors (Lipinski definition) is 3. The van der Waals surface area contributed by atoms with Crippen LogP contribution in [0.2, 0.25) is 0 Å². The molecule has 4 nitrogen and oxygen atoms in total. The van der Waals surface area contributed by atoms with Gasteiger partial charge in [-0.2, -0.15) is 0 Å². The van der Waals surface area contributed by atoms with Gasteiger partial charge < -0.3 is 14.8 Å². The zero-order valence-corrected chi connectivity index (χ0v) is 13.2. The van der Waals surface area contributed by atoms with E-state index in [9.17, 15) is 4.79 Å². The first-order valence-electron chi connectivity index (χ1n) is 8.01. The maximum absolute atomic E-state index is 11.0. The van der Waals surface area contributed by atoms with E-state index in [1.165, 1.54) is 19.8 Å². The maximum Gasteiger partial charge on any atom is 0.221 e. The van der Waals surface area contributed by atoms with Crippen LogP contribution in [0.3, 0.4) is 0 Å². The Morgan fingerprint density at radius 3 is 2.39 bits per heavy atom. The van der Waals surface area contributed by atoms with Crippen LogP contribution in [0.4, 0.5) is 5.69 Å². The second-order valence-electron chi connectivity index (χ2n) is 5.81. The summed E-state index contributed by atoms with van der Waals surface area (Å²) in [5, 5.41) is 2.73. The molecular weight excluding hydrogens is 290 g/mol. The van der Waals surface area contributed by atoms with Crippen molar-refractivity contribution in [1.29, 1.82) is 0 Å². The monoisotopic (exact) mass is 311 g/mol. The van der Waals surface area contributed by atoms with Crippen molar-refractivity contribution in [2.24, 2.45) is 0 Å². The van der Waals surface area contributed by atoms with Crippen LogP contribution < -0.4 is 14.8 Å². The summed E-state index contributed by atoms with van der Waals surface area (Å²) in [5.41, 5.74) is 0.753. The van der Waals surface area contributed by atoms with Crippen molar-refractivity contribution < 1.29 is 14.3 Å². The number of anilines is 1. The summed E-state index contributed by atoms with van der Waals surface area (Å²) < 4.78 is 11.8. The fraction of sp³-hybridized carbons (Fsp3) is 0.316. The third-order valence-electron chi connectivity index (χ3n) is 3.82. The van der Waals surface area contributed by atoms with Crippen LogP contribution in [0, 0.1) is 0 Å². The van der Waals surface area contributed by atoms with E-state index >= 15 is 0 Å². The van der Waals surface area contributed by atoms with Gasteiger partial charge in [0.1, 0.15) is 17.2 Å². The summed E-state index contributed by atoms with van der Waals surface area (Å²) in [6.45, 7) is 1.49. The highest BCUT2D eigenvalue weighted by molar-refractivity contribution is 5.88. The van der Waals surface area contributed by atoms with Crippen molar-refractivity contribution in [3.05, 3.63) is 48.5 Å². The third-order valence-corrected chi connectivity index (χ3v) is 3.82. The van der Waals surface area contributed by atoms with Gasteiger partial charge in [-0.3, -0.25) is 4.79 Å². The van der Waals surface area contributed by atoms with Crippen molar-refractivity contribution in [3.63, 3.8) is 0 Å². The smallest absolute Gasteiger partial charge is 0.221 e. The molecule has 120 valence electrons. The molecule has 0 radical (unpaired) electrons. The van der Waals surface area contributed by atoms with E-state index in [-0.39, 0.29) is 5.91 Å². The zero-order chi connectivity index (χ0) is 16.1. The molecule has 1 fully saturated rings. The molecule has 0 spiro atoms. The topological polar surface area (TPSA) is 47.6 Å². The van der Waals surface area contributed by atoms with E-state index in [1.807, 2.05) is 48.5 Å². The van der Waals surface area contributed by atoms with E-state index in [0.29, 0.717) is 6.10 Å². The van der Waals surface area contributed by atoms with Crippen molar-refractivity contribution >= 4 is 11.6 Å². The Balaban J connectivity index is 1.63. The minimum atomic E-state index is -0.0876. The summed E-state index contributed by atoms with van der Waals surface area (Å²) in [7, 11) is 0. The molecule has 0 aromatic heterocycles. The SMILES string of the molecule is CC(=O)Nc1ccc(Oc2cccc(OC3CCCC3)c2)cc1. The lowest BCUT2D eigenvalue weighted by atomic mass is 10.2. The summed E-state index contributed by atoms with van der Waals surface area (Å²) in [4.78, 5) is 11.0. The number of rotatable bonds is 5. The lowest BCUT2D eigenvalue weighted by molar-refractivity contribution is -0.114. The van der Waals surface area contributed by atoms with Crippen LogP contribution in [-0.2, 0) is 4.79 Å². The Bertz CT molecular complexity index is 661. The van der Waals surface area contributed by atoms with E-state index in [1.54, 1.807) is 0 Å². The molecule has 0 heterocycles. The summed E-state index contributed by atoms with van der Waals surface area (Å²) in [6.07, 6.45) is 5.11. The second-order valence-corrected chi connectivity index (χ2v) is 5.81. The van der Waals surface area contributed by atoms with Crippen LogP contribution in [0.25, 0.3) is 0 Å².